The summed E-state index contributed by atoms with van der Waals surface area (Å²) in [5, 5.41) is 6.78. The van der Waals surface area contributed by atoms with Crippen molar-refractivity contribution >= 4 is 5.96 Å². The third-order valence-corrected chi connectivity index (χ3v) is 4.51. The summed E-state index contributed by atoms with van der Waals surface area (Å²) in [5.41, 5.74) is 0.359. The van der Waals surface area contributed by atoms with Gasteiger partial charge in [0.2, 0.25) is 0 Å². The van der Waals surface area contributed by atoms with Gasteiger partial charge in [0.25, 0.3) is 0 Å². The highest BCUT2D eigenvalue weighted by Gasteiger charge is 2.33. The molecule has 0 aromatic carbocycles. The molecular weight excluding hydrogens is 278 g/mol. The molecule has 1 aliphatic rings. The molecule has 0 atom stereocenters. The number of hydrogen-bond donors (Lipinski definition) is 2. The van der Waals surface area contributed by atoms with Gasteiger partial charge in [0, 0.05) is 26.8 Å². The highest BCUT2D eigenvalue weighted by molar-refractivity contribution is 5.79. The van der Waals surface area contributed by atoms with Gasteiger partial charge in [-0.15, -0.1) is 0 Å². The maximum absolute atomic E-state index is 5.56. The van der Waals surface area contributed by atoms with Crippen LogP contribution in [0.5, 0.6) is 0 Å². The molecule has 0 aliphatic heterocycles. The topological polar surface area (TPSA) is 58.8 Å². The second-order valence-corrected chi connectivity index (χ2v) is 6.01. The molecule has 0 unspecified atom stereocenters. The minimum atomic E-state index is 0.359. The van der Waals surface area contributed by atoms with Crippen LogP contribution in [0.1, 0.15) is 44.8 Å². The molecule has 5 heteroatoms. The summed E-state index contributed by atoms with van der Waals surface area (Å²) in [6, 6.07) is 3.86. The Labute approximate surface area is 133 Å². The number of ether oxygens (including phenoxy) is 1. The molecule has 1 saturated carbocycles. The molecule has 1 fully saturated rings. The highest BCUT2D eigenvalue weighted by Crippen LogP contribution is 2.40. The Kier molecular flexibility index (Phi) is 6.77. The molecule has 1 aromatic heterocycles. The number of furan rings is 1. The lowest BCUT2D eigenvalue weighted by atomic mass is 9.83. The molecule has 5 nitrogen and oxygen atoms in total. The molecule has 0 bridgehead atoms. The SMILES string of the molecule is CCOCCC1(CNC(=NC)NCc2ccco2)CCCC1. The lowest BCUT2D eigenvalue weighted by Crippen LogP contribution is -2.43. The van der Waals surface area contributed by atoms with E-state index in [1.165, 1.54) is 25.7 Å². The van der Waals surface area contributed by atoms with Crippen molar-refractivity contribution < 1.29 is 9.15 Å². The quantitative estimate of drug-likeness (QED) is 0.440. The summed E-state index contributed by atoms with van der Waals surface area (Å²) < 4.78 is 10.9. The number of nitrogens with one attached hydrogen (secondary N) is 2. The fraction of sp³-hybridized carbons (Fsp3) is 0.706. The van der Waals surface area contributed by atoms with Crippen molar-refractivity contribution in [2.24, 2.45) is 10.4 Å². The van der Waals surface area contributed by atoms with Crippen molar-refractivity contribution in [1.29, 1.82) is 0 Å². The summed E-state index contributed by atoms with van der Waals surface area (Å²) in [4.78, 5) is 4.30. The summed E-state index contributed by atoms with van der Waals surface area (Å²) >= 11 is 0. The van der Waals surface area contributed by atoms with Crippen molar-refractivity contribution in [3.05, 3.63) is 24.2 Å². The largest absolute Gasteiger partial charge is 0.467 e. The molecule has 2 N–H and O–H groups in total. The van der Waals surface area contributed by atoms with Crippen LogP contribution in [0.15, 0.2) is 27.8 Å². The predicted molar refractivity (Wildman–Crippen MR) is 88.9 cm³/mol. The average Bonchev–Trinajstić information content (AvgIpc) is 3.20. The molecule has 1 aromatic rings. The first-order valence-electron chi connectivity index (χ1n) is 8.33. The van der Waals surface area contributed by atoms with Crippen molar-refractivity contribution in [3.8, 4) is 0 Å². The molecule has 1 aliphatic carbocycles. The second-order valence-electron chi connectivity index (χ2n) is 6.01. The van der Waals surface area contributed by atoms with Crippen LogP contribution in [0.25, 0.3) is 0 Å². The van der Waals surface area contributed by atoms with Gasteiger partial charge in [-0.25, -0.2) is 0 Å². The minimum Gasteiger partial charge on any atom is -0.467 e. The number of rotatable bonds is 8. The van der Waals surface area contributed by atoms with Crippen molar-refractivity contribution in [2.45, 2.75) is 45.6 Å². The summed E-state index contributed by atoms with van der Waals surface area (Å²) in [5.74, 6) is 1.74. The Morgan fingerprint density at radius 1 is 1.36 bits per heavy atom. The number of nitrogens with zero attached hydrogens (tertiary/aromatic N) is 1. The number of guanidine groups is 1. The first-order valence-corrected chi connectivity index (χ1v) is 8.33. The zero-order chi connectivity index (χ0) is 15.7. The van der Waals surface area contributed by atoms with E-state index >= 15 is 0 Å². The van der Waals surface area contributed by atoms with Gasteiger partial charge in [-0.3, -0.25) is 4.99 Å². The van der Waals surface area contributed by atoms with Crippen molar-refractivity contribution in [3.63, 3.8) is 0 Å². The maximum Gasteiger partial charge on any atom is 0.191 e. The van der Waals surface area contributed by atoms with Crippen LogP contribution < -0.4 is 10.6 Å². The first-order chi connectivity index (χ1) is 10.8. The highest BCUT2D eigenvalue weighted by atomic mass is 16.5. The lowest BCUT2D eigenvalue weighted by molar-refractivity contribution is 0.105. The molecular formula is C17H29N3O2. The molecule has 124 valence electrons. The monoisotopic (exact) mass is 307 g/mol. The number of hydrogen-bond acceptors (Lipinski definition) is 3. The molecule has 0 saturated heterocycles. The van der Waals surface area contributed by atoms with Gasteiger partial charge in [-0.05, 0) is 43.7 Å². The Hall–Kier alpha value is -1.49. The van der Waals surface area contributed by atoms with E-state index in [0.29, 0.717) is 12.0 Å². The molecule has 1 heterocycles. The van der Waals surface area contributed by atoms with Crippen LogP contribution in [-0.2, 0) is 11.3 Å². The van der Waals surface area contributed by atoms with E-state index in [1.807, 2.05) is 12.1 Å². The number of aliphatic imine (C=N–C) groups is 1. The zero-order valence-electron chi connectivity index (χ0n) is 13.9. The summed E-state index contributed by atoms with van der Waals surface area (Å²) in [6.07, 6.45) is 8.03. The third-order valence-electron chi connectivity index (χ3n) is 4.51. The van der Waals surface area contributed by atoms with Gasteiger partial charge < -0.3 is 19.8 Å². The summed E-state index contributed by atoms with van der Waals surface area (Å²) in [6.45, 7) is 5.32. The molecule has 2 rings (SSSR count). The van der Waals surface area contributed by atoms with Gasteiger partial charge in [-0.2, -0.15) is 0 Å². The van der Waals surface area contributed by atoms with E-state index in [9.17, 15) is 0 Å². The van der Waals surface area contributed by atoms with Crippen LogP contribution in [0.3, 0.4) is 0 Å². The van der Waals surface area contributed by atoms with Crippen molar-refractivity contribution in [1.82, 2.24) is 10.6 Å². The van der Waals surface area contributed by atoms with Crippen LogP contribution in [0.2, 0.25) is 0 Å². The third kappa shape index (κ3) is 5.05. The van der Waals surface area contributed by atoms with E-state index in [-0.39, 0.29) is 0 Å². The minimum absolute atomic E-state index is 0.359. The Balaban J connectivity index is 1.79. The second kappa shape index (κ2) is 8.83. The first kappa shape index (κ1) is 16.9. The standard InChI is InChI=1S/C17H29N3O2/c1-3-21-12-10-17(8-4-5-9-17)14-20-16(18-2)19-13-15-7-6-11-22-15/h6-7,11H,3-5,8-10,12-14H2,1-2H3,(H2,18,19,20). The fourth-order valence-corrected chi connectivity index (χ4v) is 3.15. The van der Waals surface area contributed by atoms with E-state index in [4.69, 9.17) is 9.15 Å². The Bertz CT molecular complexity index is 437. The normalized spacial score (nSPS) is 17.6. The van der Waals surface area contributed by atoms with Gasteiger partial charge >= 0.3 is 0 Å². The van der Waals surface area contributed by atoms with Gasteiger partial charge in [0.05, 0.1) is 12.8 Å². The smallest absolute Gasteiger partial charge is 0.191 e. The molecule has 0 radical (unpaired) electrons. The Morgan fingerprint density at radius 3 is 2.82 bits per heavy atom. The van der Waals surface area contributed by atoms with E-state index in [1.54, 1.807) is 13.3 Å². The fourth-order valence-electron chi connectivity index (χ4n) is 3.15. The predicted octanol–water partition coefficient (Wildman–Crippen LogP) is 2.93. The zero-order valence-corrected chi connectivity index (χ0v) is 13.9. The average molecular weight is 307 g/mol. The van der Waals surface area contributed by atoms with E-state index < -0.39 is 0 Å². The molecule has 0 spiro atoms. The van der Waals surface area contributed by atoms with Crippen LogP contribution >= 0.6 is 0 Å². The Morgan fingerprint density at radius 2 is 2.18 bits per heavy atom. The summed E-state index contributed by atoms with van der Waals surface area (Å²) in [7, 11) is 1.80. The van der Waals surface area contributed by atoms with Crippen molar-refractivity contribution in [2.75, 3.05) is 26.8 Å². The van der Waals surface area contributed by atoms with E-state index in [0.717, 1.165) is 37.9 Å². The van der Waals surface area contributed by atoms with E-state index in [2.05, 4.69) is 22.5 Å². The van der Waals surface area contributed by atoms with Gasteiger partial charge in [0.15, 0.2) is 5.96 Å². The van der Waals surface area contributed by atoms with Crippen LogP contribution in [-0.4, -0.2) is 32.8 Å². The molecule has 22 heavy (non-hydrogen) atoms. The van der Waals surface area contributed by atoms with Gasteiger partial charge in [0.1, 0.15) is 5.76 Å². The van der Waals surface area contributed by atoms with Crippen LogP contribution in [0, 0.1) is 5.41 Å². The molecule has 0 amide bonds. The van der Waals surface area contributed by atoms with Gasteiger partial charge in [-0.1, -0.05) is 12.8 Å². The maximum atomic E-state index is 5.56. The lowest BCUT2D eigenvalue weighted by Gasteiger charge is -2.30. The van der Waals surface area contributed by atoms with Crippen LogP contribution in [0.4, 0.5) is 0 Å².